The Labute approximate surface area is 125 Å². The molecule has 0 aliphatic carbocycles. The third-order valence-corrected chi connectivity index (χ3v) is 4.01. The highest BCUT2D eigenvalue weighted by atomic mass is 15.1. The van der Waals surface area contributed by atoms with E-state index >= 15 is 0 Å². The van der Waals surface area contributed by atoms with Crippen LogP contribution in [-0.4, -0.2) is 20.2 Å². The molecule has 0 radical (unpaired) electrons. The van der Waals surface area contributed by atoms with Crippen LogP contribution in [0.15, 0.2) is 60.8 Å². The van der Waals surface area contributed by atoms with Crippen molar-refractivity contribution in [3.8, 4) is 0 Å². The van der Waals surface area contributed by atoms with Crippen LogP contribution in [0.4, 0.5) is 0 Å². The zero-order chi connectivity index (χ0) is 14.5. The average Bonchev–Trinajstić information content (AvgIpc) is 2.61. The van der Waals surface area contributed by atoms with Crippen molar-refractivity contribution in [1.82, 2.24) is 20.2 Å². The van der Waals surface area contributed by atoms with Crippen LogP contribution in [0.25, 0.3) is 43.7 Å². The fourth-order valence-electron chi connectivity index (χ4n) is 3.04. The van der Waals surface area contributed by atoms with Crippen LogP contribution in [0.3, 0.4) is 0 Å². The second-order valence-electron chi connectivity index (χ2n) is 5.25. The largest absolute Gasteiger partial charge is 0.242 e. The Morgan fingerprint density at radius 1 is 0.591 bits per heavy atom. The third kappa shape index (κ3) is 1.46. The van der Waals surface area contributed by atoms with E-state index in [4.69, 9.17) is 9.97 Å². The van der Waals surface area contributed by atoms with E-state index in [1.807, 2.05) is 18.2 Å². The maximum absolute atomic E-state index is 4.79. The first-order valence-electron chi connectivity index (χ1n) is 7.10. The van der Waals surface area contributed by atoms with Crippen molar-refractivity contribution in [2.75, 3.05) is 0 Å². The van der Waals surface area contributed by atoms with Gasteiger partial charge < -0.3 is 0 Å². The fourth-order valence-corrected chi connectivity index (χ4v) is 3.04. The number of fused-ring (bicyclic) bond motifs is 7. The van der Waals surface area contributed by atoms with Gasteiger partial charge in [0.25, 0.3) is 0 Å². The van der Waals surface area contributed by atoms with Crippen molar-refractivity contribution >= 4 is 43.7 Å². The van der Waals surface area contributed by atoms with E-state index in [9.17, 15) is 0 Å². The Bertz CT molecular complexity index is 1090. The summed E-state index contributed by atoms with van der Waals surface area (Å²) in [5, 5.41) is 12.6. The minimum absolute atomic E-state index is 0.579. The number of aromatic nitrogens is 4. The first kappa shape index (κ1) is 11.5. The van der Waals surface area contributed by atoms with Gasteiger partial charge in [0.05, 0.1) is 17.2 Å². The normalized spacial score (nSPS) is 11.6. The molecule has 0 aliphatic heterocycles. The molecule has 0 fully saturated rings. The Kier molecular flexibility index (Phi) is 2.19. The Morgan fingerprint density at radius 2 is 1.18 bits per heavy atom. The number of nitrogens with zero attached hydrogens (tertiary/aromatic N) is 4. The molecule has 0 saturated carbocycles. The number of hydrogen-bond acceptors (Lipinski definition) is 4. The van der Waals surface area contributed by atoms with Gasteiger partial charge in [-0.2, -0.15) is 5.10 Å². The van der Waals surface area contributed by atoms with E-state index in [2.05, 4.69) is 46.6 Å². The predicted octanol–water partition coefficient (Wildman–Crippen LogP) is 3.88. The molecule has 0 N–H and O–H groups in total. The fraction of sp³-hybridized carbons (Fsp3) is 0. The van der Waals surface area contributed by atoms with E-state index in [0.717, 1.165) is 27.3 Å². The second-order valence-corrected chi connectivity index (χ2v) is 5.25. The molecule has 3 aromatic carbocycles. The Morgan fingerprint density at radius 3 is 1.86 bits per heavy atom. The molecule has 0 amide bonds. The zero-order valence-corrected chi connectivity index (χ0v) is 11.6. The maximum Gasteiger partial charge on any atom is 0.201 e. The quantitative estimate of drug-likeness (QED) is 0.319. The van der Waals surface area contributed by atoms with Gasteiger partial charge in [-0.1, -0.05) is 48.5 Å². The molecule has 2 heterocycles. The van der Waals surface area contributed by atoms with Gasteiger partial charge in [0.2, 0.25) is 5.65 Å². The summed E-state index contributed by atoms with van der Waals surface area (Å²) in [4.78, 5) is 9.51. The molecule has 102 valence electrons. The minimum Gasteiger partial charge on any atom is -0.242 e. The first-order chi connectivity index (χ1) is 10.9. The minimum atomic E-state index is 0.579. The van der Waals surface area contributed by atoms with Crippen molar-refractivity contribution in [2.45, 2.75) is 0 Å². The van der Waals surface area contributed by atoms with Crippen LogP contribution in [-0.2, 0) is 0 Å². The molecular weight excluding hydrogens is 272 g/mol. The van der Waals surface area contributed by atoms with E-state index in [1.165, 1.54) is 10.8 Å². The van der Waals surface area contributed by atoms with E-state index < -0.39 is 0 Å². The lowest BCUT2D eigenvalue weighted by Crippen LogP contribution is -1.93. The van der Waals surface area contributed by atoms with E-state index in [1.54, 1.807) is 6.20 Å². The molecule has 4 nitrogen and oxygen atoms in total. The summed E-state index contributed by atoms with van der Waals surface area (Å²) < 4.78 is 0. The standard InChI is InChI=1S/C18H10N4/c1-3-7-13-11(5-1)12-6-2-4-8-14(12)17-16(13)20-15-9-10-19-22-18(15)21-17/h1-10H. The molecule has 0 atom stereocenters. The highest BCUT2D eigenvalue weighted by Crippen LogP contribution is 2.33. The average molecular weight is 282 g/mol. The van der Waals surface area contributed by atoms with E-state index in [-0.39, 0.29) is 0 Å². The van der Waals surface area contributed by atoms with Crippen LogP contribution in [0.1, 0.15) is 0 Å². The number of hydrogen-bond donors (Lipinski definition) is 0. The SMILES string of the molecule is c1ccc2c(c1)c1ccccc1c1nc3nnccc3nc21. The molecule has 2 aromatic heterocycles. The second kappa shape index (κ2) is 4.18. The van der Waals surface area contributed by atoms with Gasteiger partial charge in [-0.25, -0.2) is 9.97 Å². The molecule has 0 spiro atoms. The summed E-state index contributed by atoms with van der Waals surface area (Å²) in [6.45, 7) is 0. The van der Waals surface area contributed by atoms with Crippen molar-refractivity contribution in [3.63, 3.8) is 0 Å². The molecule has 22 heavy (non-hydrogen) atoms. The number of rotatable bonds is 0. The third-order valence-electron chi connectivity index (χ3n) is 4.01. The first-order valence-corrected chi connectivity index (χ1v) is 7.10. The topological polar surface area (TPSA) is 51.6 Å². The van der Waals surface area contributed by atoms with Crippen LogP contribution in [0.5, 0.6) is 0 Å². The van der Waals surface area contributed by atoms with Gasteiger partial charge >= 0.3 is 0 Å². The highest BCUT2D eigenvalue weighted by Gasteiger charge is 2.11. The van der Waals surface area contributed by atoms with Crippen LogP contribution in [0.2, 0.25) is 0 Å². The lowest BCUT2D eigenvalue weighted by atomic mass is 9.99. The molecule has 4 heteroatoms. The van der Waals surface area contributed by atoms with Gasteiger partial charge in [0.1, 0.15) is 5.52 Å². The summed E-state index contributed by atoms with van der Waals surface area (Å²) in [5.41, 5.74) is 3.13. The molecule has 5 aromatic rings. The lowest BCUT2D eigenvalue weighted by molar-refractivity contribution is 1.05. The highest BCUT2D eigenvalue weighted by molar-refractivity contribution is 6.23. The lowest BCUT2D eigenvalue weighted by Gasteiger charge is -2.09. The molecular formula is C18H10N4. The van der Waals surface area contributed by atoms with Crippen molar-refractivity contribution < 1.29 is 0 Å². The summed E-state index contributed by atoms with van der Waals surface area (Å²) in [5.74, 6) is 0. The maximum atomic E-state index is 4.79. The van der Waals surface area contributed by atoms with Gasteiger partial charge in [-0.3, -0.25) is 0 Å². The molecule has 0 unspecified atom stereocenters. The van der Waals surface area contributed by atoms with Crippen LogP contribution < -0.4 is 0 Å². The van der Waals surface area contributed by atoms with Gasteiger partial charge in [-0.15, -0.1) is 5.10 Å². The molecule has 0 bridgehead atoms. The smallest absolute Gasteiger partial charge is 0.201 e. The monoisotopic (exact) mass is 282 g/mol. The van der Waals surface area contributed by atoms with Gasteiger partial charge in [0.15, 0.2) is 0 Å². The zero-order valence-electron chi connectivity index (χ0n) is 11.6. The van der Waals surface area contributed by atoms with Crippen molar-refractivity contribution in [1.29, 1.82) is 0 Å². The van der Waals surface area contributed by atoms with Crippen molar-refractivity contribution in [2.24, 2.45) is 0 Å². The van der Waals surface area contributed by atoms with Gasteiger partial charge in [-0.05, 0) is 16.8 Å². The van der Waals surface area contributed by atoms with E-state index in [0.29, 0.717) is 5.65 Å². The molecule has 0 aliphatic rings. The molecule has 0 saturated heterocycles. The van der Waals surface area contributed by atoms with Crippen LogP contribution in [0, 0.1) is 0 Å². The predicted molar refractivity (Wildman–Crippen MR) is 87.6 cm³/mol. The molecule has 5 rings (SSSR count). The summed E-state index contributed by atoms with van der Waals surface area (Å²) >= 11 is 0. The van der Waals surface area contributed by atoms with Crippen molar-refractivity contribution in [3.05, 3.63) is 60.8 Å². The Hall–Kier alpha value is -3.14. The van der Waals surface area contributed by atoms with Crippen LogP contribution >= 0.6 is 0 Å². The summed E-state index contributed by atoms with van der Waals surface area (Å²) in [6, 6.07) is 18.5. The Balaban J connectivity index is 2.17. The number of benzene rings is 3. The summed E-state index contributed by atoms with van der Waals surface area (Å²) in [7, 11) is 0. The van der Waals surface area contributed by atoms with Gasteiger partial charge in [0, 0.05) is 10.8 Å². The summed E-state index contributed by atoms with van der Waals surface area (Å²) in [6.07, 6.45) is 1.64.